The minimum absolute atomic E-state index is 0.410. The van der Waals surface area contributed by atoms with E-state index in [9.17, 15) is 0 Å². The van der Waals surface area contributed by atoms with Crippen molar-refractivity contribution in [3.8, 4) is 5.82 Å². The van der Waals surface area contributed by atoms with Crippen molar-refractivity contribution in [2.24, 2.45) is 0 Å². The summed E-state index contributed by atoms with van der Waals surface area (Å²) in [4.78, 5) is 2.23. The summed E-state index contributed by atoms with van der Waals surface area (Å²) in [6.07, 6.45) is 3.86. The van der Waals surface area contributed by atoms with Crippen LogP contribution < -0.4 is 10.2 Å². The van der Waals surface area contributed by atoms with Crippen molar-refractivity contribution in [2.45, 2.75) is 26.3 Å². The maximum Gasteiger partial charge on any atom is 0.177 e. The van der Waals surface area contributed by atoms with Crippen molar-refractivity contribution in [1.82, 2.24) is 20.0 Å². The van der Waals surface area contributed by atoms with Crippen molar-refractivity contribution < 1.29 is 0 Å². The van der Waals surface area contributed by atoms with E-state index in [1.54, 1.807) is 10.7 Å². The second kappa shape index (κ2) is 7.37. The Balaban J connectivity index is 1.67. The number of benzene rings is 1. The zero-order valence-corrected chi connectivity index (χ0v) is 16.7. The van der Waals surface area contributed by atoms with Crippen LogP contribution in [0.5, 0.6) is 0 Å². The van der Waals surface area contributed by atoms with Gasteiger partial charge in [-0.1, -0.05) is 37.0 Å². The first-order valence-electron chi connectivity index (χ1n) is 8.86. The molecule has 1 N–H and O–H groups in total. The first kappa shape index (κ1) is 18.1. The number of aromatic nitrogens is 4. The monoisotopic (exact) mass is 402 g/mol. The highest BCUT2D eigenvalue weighted by Crippen LogP contribution is 2.31. The first-order valence-corrected chi connectivity index (χ1v) is 9.62. The molecular weight excluding hydrogens is 383 g/mol. The molecule has 0 spiro atoms. The lowest BCUT2D eigenvalue weighted by Crippen LogP contribution is -2.34. The van der Waals surface area contributed by atoms with Gasteiger partial charge in [0, 0.05) is 41.9 Å². The average molecular weight is 403 g/mol. The number of fused-ring (bicyclic) bond motifs is 1. The standard InChI is InChI=1S/C19H20Cl2N6/c1-12(2)14-9-23-27(11-14)18-8-17-19(25-24-18)22-5-6-26(17)10-13-7-15(20)3-4-16(13)21/h3-4,7-9,11-12H,5-6,10H2,1-2H3,(H,22,25). The second-order valence-corrected chi connectivity index (χ2v) is 7.74. The maximum atomic E-state index is 6.36. The van der Waals surface area contributed by atoms with Gasteiger partial charge >= 0.3 is 0 Å². The molecule has 140 valence electrons. The van der Waals surface area contributed by atoms with E-state index in [1.807, 2.05) is 30.6 Å². The quantitative estimate of drug-likeness (QED) is 0.694. The van der Waals surface area contributed by atoms with Crippen LogP contribution in [0.4, 0.5) is 11.5 Å². The molecule has 3 heterocycles. The Morgan fingerprint density at radius 1 is 1.19 bits per heavy atom. The van der Waals surface area contributed by atoms with Crippen molar-refractivity contribution in [3.05, 3.63) is 57.8 Å². The molecule has 0 saturated carbocycles. The van der Waals surface area contributed by atoms with Gasteiger partial charge in [-0.25, -0.2) is 4.68 Å². The van der Waals surface area contributed by atoms with Crippen molar-refractivity contribution >= 4 is 34.7 Å². The molecule has 0 amide bonds. The minimum atomic E-state index is 0.410. The number of rotatable bonds is 4. The fraction of sp³-hybridized carbons (Fsp3) is 0.316. The number of anilines is 2. The van der Waals surface area contributed by atoms with E-state index in [2.05, 4.69) is 39.4 Å². The van der Waals surface area contributed by atoms with E-state index >= 15 is 0 Å². The van der Waals surface area contributed by atoms with Crippen molar-refractivity contribution in [3.63, 3.8) is 0 Å². The van der Waals surface area contributed by atoms with Gasteiger partial charge in [-0.3, -0.25) is 0 Å². The molecule has 0 saturated heterocycles. The van der Waals surface area contributed by atoms with Gasteiger partial charge in [0.05, 0.1) is 11.9 Å². The largest absolute Gasteiger partial charge is 0.365 e. The molecule has 0 bridgehead atoms. The van der Waals surface area contributed by atoms with Crippen LogP contribution in [0, 0.1) is 0 Å². The molecule has 0 radical (unpaired) electrons. The molecule has 2 aromatic heterocycles. The predicted octanol–water partition coefficient (Wildman–Crippen LogP) is 4.52. The Hall–Kier alpha value is -2.31. The summed E-state index contributed by atoms with van der Waals surface area (Å²) in [5.74, 6) is 1.86. The Morgan fingerprint density at radius 3 is 2.81 bits per heavy atom. The number of hydrogen-bond donors (Lipinski definition) is 1. The Morgan fingerprint density at radius 2 is 2.04 bits per heavy atom. The molecule has 0 atom stereocenters. The summed E-state index contributed by atoms with van der Waals surface area (Å²) in [7, 11) is 0. The van der Waals surface area contributed by atoms with E-state index in [0.29, 0.717) is 28.3 Å². The fourth-order valence-electron chi connectivity index (χ4n) is 3.08. The molecular formula is C19H20Cl2N6. The lowest BCUT2D eigenvalue weighted by molar-refractivity contribution is 0.755. The molecule has 1 aliphatic rings. The maximum absolute atomic E-state index is 6.36. The minimum Gasteiger partial charge on any atom is -0.365 e. The number of halogens is 2. The highest BCUT2D eigenvalue weighted by atomic mass is 35.5. The lowest BCUT2D eigenvalue weighted by atomic mass is 10.1. The van der Waals surface area contributed by atoms with Crippen LogP contribution in [-0.2, 0) is 6.54 Å². The zero-order chi connectivity index (χ0) is 19.0. The van der Waals surface area contributed by atoms with E-state index in [-0.39, 0.29) is 0 Å². The lowest BCUT2D eigenvalue weighted by Gasteiger charge is -2.31. The highest BCUT2D eigenvalue weighted by Gasteiger charge is 2.21. The van der Waals surface area contributed by atoms with E-state index in [4.69, 9.17) is 23.2 Å². The van der Waals surface area contributed by atoms with Crippen LogP contribution in [0.3, 0.4) is 0 Å². The highest BCUT2D eigenvalue weighted by molar-refractivity contribution is 6.33. The van der Waals surface area contributed by atoms with Crippen LogP contribution >= 0.6 is 23.2 Å². The molecule has 1 aromatic carbocycles. The molecule has 8 heteroatoms. The van der Waals surface area contributed by atoms with Gasteiger partial charge in [0.2, 0.25) is 0 Å². The van der Waals surface area contributed by atoms with E-state index < -0.39 is 0 Å². The van der Waals surface area contributed by atoms with Gasteiger partial charge in [0.25, 0.3) is 0 Å². The van der Waals surface area contributed by atoms with E-state index in [0.717, 1.165) is 35.7 Å². The van der Waals surface area contributed by atoms with Gasteiger partial charge in [-0.2, -0.15) is 5.10 Å². The molecule has 3 aromatic rings. The summed E-state index contributed by atoms with van der Waals surface area (Å²) >= 11 is 12.5. The zero-order valence-electron chi connectivity index (χ0n) is 15.2. The van der Waals surface area contributed by atoms with Crippen molar-refractivity contribution in [1.29, 1.82) is 0 Å². The van der Waals surface area contributed by atoms with Crippen molar-refractivity contribution in [2.75, 3.05) is 23.3 Å². The van der Waals surface area contributed by atoms with Crippen LogP contribution in [0.15, 0.2) is 36.7 Å². The predicted molar refractivity (Wildman–Crippen MR) is 109 cm³/mol. The molecule has 1 aliphatic heterocycles. The van der Waals surface area contributed by atoms with Gasteiger partial charge in [0.15, 0.2) is 11.6 Å². The second-order valence-electron chi connectivity index (χ2n) is 6.89. The van der Waals surface area contributed by atoms with Gasteiger partial charge in [0.1, 0.15) is 0 Å². The first-order chi connectivity index (χ1) is 13.0. The Kier molecular flexibility index (Phi) is 4.93. The third kappa shape index (κ3) is 3.73. The number of nitrogens with zero attached hydrogens (tertiary/aromatic N) is 5. The summed E-state index contributed by atoms with van der Waals surface area (Å²) in [6, 6.07) is 7.54. The molecule has 4 rings (SSSR count). The molecule has 0 fully saturated rings. The Labute approximate surface area is 168 Å². The van der Waals surface area contributed by atoms with Crippen LogP contribution in [0.2, 0.25) is 10.0 Å². The van der Waals surface area contributed by atoms with Crippen LogP contribution in [-0.4, -0.2) is 33.1 Å². The number of nitrogens with one attached hydrogen (secondary N) is 1. The molecule has 6 nitrogen and oxygen atoms in total. The average Bonchev–Trinajstić information content (AvgIpc) is 3.15. The summed E-state index contributed by atoms with van der Waals surface area (Å²) in [6.45, 7) is 6.55. The summed E-state index contributed by atoms with van der Waals surface area (Å²) in [5, 5.41) is 17.8. The molecule has 0 unspecified atom stereocenters. The van der Waals surface area contributed by atoms with Crippen LogP contribution in [0.1, 0.15) is 30.9 Å². The van der Waals surface area contributed by atoms with Gasteiger partial charge < -0.3 is 10.2 Å². The third-order valence-electron chi connectivity index (χ3n) is 4.65. The fourth-order valence-corrected chi connectivity index (χ4v) is 3.45. The Bertz CT molecular complexity index is 969. The SMILES string of the molecule is CC(C)c1cnn(-c2cc3c(nn2)NCCN3Cc2cc(Cl)ccc2Cl)c1. The molecule has 0 aliphatic carbocycles. The normalized spacial score (nSPS) is 13.6. The topological polar surface area (TPSA) is 58.9 Å². The molecule has 27 heavy (non-hydrogen) atoms. The summed E-state index contributed by atoms with van der Waals surface area (Å²) < 4.78 is 1.77. The van der Waals surface area contributed by atoms with Crippen LogP contribution in [0.25, 0.3) is 5.82 Å². The van der Waals surface area contributed by atoms with Gasteiger partial charge in [-0.05, 0) is 35.2 Å². The van der Waals surface area contributed by atoms with Gasteiger partial charge in [-0.15, -0.1) is 10.2 Å². The summed E-state index contributed by atoms with van der Waals surface area (Å²) in [5.41, 5.74) is 3.12. The third-order valence-corrected chi connectivity index (χ3v) is 5.25. The smallest absolute Gasteiger partial charge is 0.177 e. The number of hydrogen-bond acceptors (Lipinski definition) is 5. The van der Waals surface area contributed by atoms with E-state index in [1.165, 1.54) is 0 Å².